The van der Waals surface area contributed by atoms with Crippen LogP contribution in [0.25, 0.3) is 0 Å². The molecule has 142 valence electrons. The van der Waals surface area contributed by atoms with Crippen LogP contribution >= 0.6 is 0 Å². The summed E-state index contributed by atoms with van der Waals surface area (Å²) in [6.07, 6.45) is 2.49. The molecular formula is C18H17FN8O. The van der Waals surface area contributed by atoms with E-state index in [0.717, 1.165) is 6.42 Å². The van der Waals surface area contributed by atoms with Gasteiger partial charge in [-0.1, -0.05) is 13.0 Å². The van der Waals surface area contributed by atoms with Gasteiger partial charge in [0.1, 0.15) is 29.3 Å². The van der Waals surface area contributed by atoms with Crippen LogP contribution < -0.4 is 26.8 Å². The second-order valence-electron chi connectivity index (χ2n) is 5.94. The number of pyridine rings is 1. The van der Waals surface area contributed by atoms with Crippen molar-refractivity contribution in [3.63, 3.8) is 0 Å². The highest BCUT2D eigenvalue weighted by atomic mass is 19.1. The summed E-state index contributed by atoms with van der Waals surface area (Å²) in [6.45, 7) is 2.27. The van der Waals surface area contributed by atoms with Crippen molar-refractivity contribution in [2.45, 2.75) is 19.4 Å². The van der Waals surface area contributed by atoms with Gasteiger partial charge in [-0.15, -0.1) is 0 Å². The molecule has 6 N–H and O–H groups in total. The van der Waals surface area contributed by atoms with Crippen molar-refractivity contribution in [1.29, 1.82) is 10.5 Å². The second kappa shape index (κ2) is 7.68. The molecular weight excluding hydrogens is 363 g/mol. The predicted octanol–water partition coefficient (Wildman–Crippen LogP) is 1.99. The number of hydrogen-bond acceptors (Lipinski definition) is 9. The van der Waals surface area contributed by atoms with E-state index >= 15 is 0 Å². The molecule has 28 heavy (non-hydrogen) atoms. The minimum Gasteiger partial charge on any atom is -0.491 e. The summed E-state index contributed by atoms with van der Waals surface area (Å²) in [7, 11) is 0. The van der Waals surface area contributed by atoms with Crippen LogP contribution in [-0.2, 0) is 0 Å². The molecule has 0 radical (unpaired) electrons. The van der Waals surface area contributed by atoms with E-state index < -0.39 is 11.9 Å². The van der Waals surface area contributed by atoms with Gasteiger partial charge in [-0.25, -0.2) is 14.4 Å². The highest BCUT2D eigenvalue weighted by Crippen LogP contribution is 2.41. The third kappa shape index (κ3) is 3.31. The number of aromatic nitrogens is 1. The Hall–Kier alpha value is -4.05. The summed E-state index contributed by atoms with van der Waals surface area (Å²) in [4.78, 5) is 8.60. The quantitative estimate of drug-likeness (QED) is 0.463. The maximum absolute atomic E-state index is 14.1. The number of nitrogens with one attached hydrogen (secondary N) is 2. The van der Waals surface area contributed by atoms with Gasteiger partial charge in [0.2, 0.25) is 5.96 Å². The van der Waals surface area contributed by atoms with Gasteiger partial charge in [-0.2, -0.15) is 10.5 Å². The van der Waals surface area contributed by atoms with E-state index in [2.05, 4.69) is 20.6 Å². The number of nitrogen functional groups attached to an aromatic ring is 2. The van der Waals surface area contributed by atoms with Crippen LogP contribution in [0, 0.1) is 28.6 Å². The van der Waals surface area contributed by atoms with Crippen LogP contribution in [0.3, 0.4) is 0 Å². The van der Waals surface area contributed by atoms with Crippen LogP contribution in [0.1, 0.15) is 36.1 Å². The van der Waals surface area contributed by atoms with E-state index in [-0.39, 0.29) is 34.6 Å². The molecule has 0 fully saturated rings. The standard InChI is InChI=1S/C18H17FN8O/c1-2-5-28-12-6-9(3-4-11(12)19)15-13-14(22)10(7-20)16(23)26-17(13)27-18(25-15)24-8-21/h3-4,6,15H,2,5H2,1H3,(H6,22,23,24,25,26,27). The maximum Gasteiger partial charge on any atom is 0.211 e. The average Bonchev–Trinajstić information content (AvgIpc) is 2.67. The first-order chi connectivity index (χ1) is 13.5. The van der Waals surface area contributed by atoms with Crippen molar-refractivity contribution in [2.24, 2.45) is 4.99 Å². The number of guanidine groups is 1. The number of benzene rings is 1. The Bertz CT molecular complexity index is 1040. The molecule has 0 saturated heterocycles. The number of fused-ring (bicyclic) bond motifs is 1. The third-order valence-corrected chi connectivity index (χ3v) is 4.09. The van der Waals surface area contributed by atoms with Gasteiger partial charge in [0.15, 0.2) is 17.8 Å². The first-order valence-corrected chi connectivity index (χ1v) is 8.41. The van der Waals surface area contributed by atoms with E-state index in [4.69, 9.17) is 21.5 Å². The summed E-state index contributed by atoms with van der Waals surface area (Å²) < 4.78 is 19.5. The Labute approximate surface area is 160 Å². The smallest absolute Gasteiger partial charge is 0.211 e. The van der Waals surface area contributed by atoms with Crippen LogP contribution in [0.2, 0.25) is 0 Å². The Morgan fingerprint density at radius 2 is 2.14 bits per heavy atom. The van der Waals surface area contributed by atoms with Gasteiger partial charge in [-0.05, 0) is 24.1 Å². The van der Waals surface area contributed by atoms with Crippen LogP contribution in [0.4, 0.5) is 21.7 Å². The molecule has 1 atom stereocenters. The fourth-order valence-electron chi connectivity index (χ4n) is 2.83. The Morgan fingerprint density at radius 1 is 1.36 bits per heavy atom. The Kier molecular flexibility index (Phi) is 5.14. The van der Waals surface area contributed by atoms with Crippen molar-refractivity contribution < 1.29 is 9.13 Å². The number of rotatable bonds is 4. The van der Waals surface area contributed by atoms with Gasteiger partial charge in [-0.3, -0.25) is 5.32 Å². The Morgan fingerprint density at radius 3 is 2.82 bits per heavy atom. The number of nitrogens with two attached hydrogens (primary N) is 2. The Balaban J connectivity index is 2.18. The third-order valence-electron chi connectivity index (χ3n) is 4.09. The molecule has 1 aliphatic heterocycles. The summed E-state index contributed by atoms with van der Waals surface area (Å²) in [5, 5.41) is 23.5. The van der Waals surface area contributed by atoms with Crippen LogP contribution in [-0.4, -0.2) is 17.6 Å². The van der Waals surface area contributed by atoms with Gasteiger partial charge < -0.3 is 21.5 Å². The highest BCUT2D eigenvalue weighted by molar-refractivity contribution is 5.98. The summed E-state index contributed by atoms with van der Waals surface area (Å²) >= 11 is 0. The van der Waals surface area contributed by atoms with Crippen molar-refractivity contribution in [3.8, 4) is 18.0 Å². The highest BCUT2D eigenvalue weighted by Gasteiger charge is 2.30. The molecule has 1 unspecified atom stereocenters. The monoisotopic (exact) mass is 380 g/mol. The largest absolute Gasteiger partial charge is 0.491 e. The van der Waals surface area contributed by atoms with Gasteiger partial charge >= 0.3 is 0 Å². The number of nitriles is 2. The van der Waals surface area contributed by atoms with Crippen molar-refractivity contribution in [2.75, 3.05) is 23.4 Å². The average molecular weight is 380 g/mol. The molecule has 0 amide bonds. The molecule has 1 aromatic carbocycles. The molecule has 3 rings (SSSR count). The zero-order valence-electron chi connectivity index (χ0n) is 15.0. The molecule has 0 spiro atoms. The lowest BCUT2D eigenvalue weighted by molar-refractivity contribution is 0.301. The number of ether oxygens (including phenoxy) is 1. The van der Waals surface area contributed by atoms with Crippen molar-refractivity contribution >= 4 is 23.3 Å². The number of aliphatic imine (C=N–C) groups is 1. The summed E-state index contributed by atoms with van der Waals surface area (Å²) in [5.41, 5.74) is 13.1. The van der Waals surface area contributed by atoms with E-state index in [1.165, 1.54) is 18.2 Å². The minimum atomic E-state index is -0.753. The fourth-order valence-corrected chi connectivity index (χ4v) is 2.83. The van der Waals surface area contributed by atoms with Gasteiger partial charge in [0.05, 0.1) is 12.3 Å². The second-order valence-corrected chi connectivity index (χ2v) is 5.94. The molecule has 1 aromatic heterocycles. The predicted molar refractivity (Wildman–Crippen MR) is 102 cm³/mol. The zero-order valence-corrected chi connectivity index (χ0v) is 15.0. The molecule has 0 bridgehead atoms. The molecule has 0 saturated carbocycles. The fraction of sp³-hybridized carbons (Fsp3) is 0.222. The van der Waals surface area contributed by atoms with E-state index in [0.29, 0.717) is 17.7 Å². The van der Waals surface area contributed by atoms with Crippen LogP contribution in [0.5, 0.6) is 5.75 Å². The SMILES string of the molecule is CCCOc1cc(C2N=C(NC#N)Nc3nc(N)c(C#N)c(N)c32)ccc1F. The maximum atomic E-state index is 14.1. The topological polar surface area (TPSA) is 158 Å². The number of halogens is 1. The molecule has 10 heteroatoms. The lowest BCUT2D eigenvalue weighted by Gasteiger charge is -2.26. The van der Waals surface area contributed by atoms with Crippen molar-refractivity contribution in [1.82, 2.24) is 10.3 Å². The van der Waals surface area contributed by atoms with Crippen molar-refractivity contribution in [3.05, 3.63) is 40.7 Å². The number of hydrogen-bond donors (Lipinski definition) is 4. The summed E-state index contributed by atoms with van der Waals surface area (Å²) in [5.74, 6) is -0.100. The molecule has 1 aliphatic rings. The first-order valence-electron chi connectivity index (χ1n) is 8.41. The first kappa shape index (κ1) is 18.7. The van der Waals surface area contributed by atoms with E-state index in [1.807, 2.05) is 13.0 Å². The number of nitrogens with zero attached hydrogens (tertiary/aromatic N) is 4. The van der Waals surface area contributed by atoms with Gasteiger partial charge in [0.25, 0.3) is 0 Å². The summed E-state index contributed by atoms with van der Waals surface area (Å²) in [6, 6.07) is 5.49. The van der Waals surface area contributed by atoms with E-state index in [9.17, 15) is 9.65 Å². The molecule has 2 heterocycles. The number of anilines is 3. The molecule has 0 aliphatic carbocycles. The van der Waals surface area contributed by atoms with Crippen LogP contribution in [0.15, 0.2) is 23.2 Å². The lowest BCUT2D eigenvalue weighted by atomic mass is 9.95. The minimum absolute atomic E-state index is 0.0296. The molecule has 9 nitrogen and oxygen atoms in total. The zero-order chi connectivity index (χ0) is 20.3. The lowest BCUT2D eigenvalue weighted by Crippen LogP contribution is -2.32. The van der Waals surface area contributed by atoms with E-state index in [1.54, 1.807) is 6.19 Å². The van der Waals surface area contributed by atoms with Gasteiger partial charge in [0, 0.05) is 5.56 Å². The normalized spacial score (nSPS) is 14.7. The molecule has 2 aromatic rings.